The molecule has 2 amide bonds. The van der Waals surface area contributed by atoms with Crippen molar-refractivity contribution >= 4 is 51.9 Å². The van der Waals surface area contributed by atoms with Crippen molar-refractivity contribution in [3.05, 3.63) is 77.3 Å². The monoisotopic (exact) mass is 892 g/mol. The second-order valence-corrected chi connectivity index (χ2v) is 16.2. The first-order valence-electron chi connectivity index (χ1n) is 19.6. The number of benzene rings is 3. The van der Waals surface area contributed by atoms with Gasteiger partial charge in [0.1, 0.15) is 28.5 Å². The van der Waals surface area contributed by atoms with Gasteiger partial charge < -0.3 is 53.9 Å². The van der Waals surface area contributed by atoms with Gasteiger partial charge in [-0.3, -0.25) is 0 Å². The number of nitrogens with one attached hydrogen (secondary N) is 2. The Morgan fingerprint density at radius 3 is 1.24 bits per heavy atom. The van der Waals surface area contributed by atoms with Crippen molar-refractivity contribution in [3.63, 3.8) is 0 Å². The van der Waals surface area contributed by atoms with Crippen LogP contribution in [0.25, 0.3) is 0 Å². The van der Waals surface area contributed by atoms with Crippen LogP contribution in [0.1, 0.15) is 41.5 Å². The summed E-state index contributed by atoms with van der Waals surface area (Å²) in [7, 11) is 5.05. The van der Waals surface area contributed by atoms with Crippen LogP contribution in [0.5, 0.6) is 17.2 Å². The Hall–Kier alpha value is -4.11. The average molecular weight is 894 g/mol. The Morgan fingerprint density at radius 1 is 0.517 bits per heavy atom. The number of nitrogens with zero attached hydrogens (tertiary/aromatic N) is 4. The summed E-state index contributed by atoms with van der Waals surface area (Å²) >= 11 is 3.33. The van der Waals surface area contributed by atoms with Crippen LogP contribution in [0, 0.1) is 0 Å². The minimum Gasteiger partial charge on any atom is -0.496 e. The van der Waals surface area contributed by atoms with Crippen molar-refractivity contribution in [3.8, 4) is 17.2 Å². The molecule has 15 heteroatoms. The van der Waals surface area contributed by atoms with Crippen LogP contribution in [0.4, 0.5) is 21.0 Å². The van der Waals surface area contributed by atoms with E-state index in [1.807, 2.05) is 102 Å². The molecular weight excluding hydrogens is 828 g/mol. The van der Waals surface area contributed by atoms with Gasteiger partial charge in [-0.2, -0.15) is 0 Å². The lowest BCUT2D eigenvalue weighted by molar-refractivity contribution is 0.0223. The van der Waals surface area contributed by atoms with Crippen molar-refractivity contribution in [2.75, 3.05) is 110 Å². The van der Waals surface area contributed by atoms with Gasteiger partial charge in [-0.05, 0) is 93.9 Å². The summed E-state index contributed by atoms with van der Waals surface area (Å²) < 4.78 is 27.4. The van der Waals surface area contributed by atoms with E-state index in [-0.39, 0.29) is 30.2 Å². The smallest absolute Gasteiger partial charge is 0.410 e. The highest BCUT2D eigenvalue weighted by molar-refractivity contribution is 9.10. The minimum atomic E-state index is -0.448. The maximum atomic E-state index is 12.0. The highest BCUT2D eigenvalue weighted by Gasteiger charge is 2.27. The fourth-order valence-corrected chi connectivity index (χ4v) is 6.38. The molecule has 3 heterocycles. The fourth-order valence-electron chi connectivity index (χ4n) is 5.93. The molecule has 58 heavy (non-hydrogen) atoms. The van der Waals surface area contributed by atoms with E-state index < -0.39 is 5.60 Å². The number of hydrogen-bond donors (Lipinski definition) is 2. The SMILES string of the molecule is CC(C)(C)OC(=O)N1CCNCC1.COc1ccccc1Br.COc1ccccc1N1CCN(C(=O)OC(C)(C)C)CC1.COc1ccccc1N1CCNCC1.Cl. The number of halogens is 2. The van der Waals surface area contributed by atoms with Crippen LogP contribution in [-0.2, 0) is 9.47 Å². The standard InChI is InChI=1S/C16H24N2O3.C11H16N2O.C9H18N2O2.C7H7BrO.ClH/c1-16(2,3)21-15(19)18-11-9-17(10-12-18)13-7-5-6-8-14(13)20-4;1-14-11-5-3-2-4-10(11)13-8-6-12-7-9-13;1-9(2,3)13-8(12)11-6-4-10-5-7-11;1-9-7-5-3-2-4-6(7)8;/h5-8H,9-12H2,1-4H3;2-5,12H,6-9H2,1H3;10H,4-7H2,1-3H3;2-5H,1H3;1H. The van der Waals surface area contributed by atoms with Crippen molar-refractivity contribution in [2.24, 2.45) is 0 Å². The summed E-state index contributed by atoms with van der Waals surface area (Å²) in [6, 6.07) is 23.9. The van der Waals surface area contributed by atoms with Crippen LogP contribution in [0.15, 0.2) is 77.3 Å². The van der Waals surface area contributed by atoms with E-state index in [9.17, 15) is 9.59 Å². The molecule has 3 aliphatic heterocycles. The van der Waals surface area contributed by atoms with Crippen LogP contribution in [0.2, 0.25) is 0 Å². The molecule has 6 rings (SSSR count). The predicted octanol–water partition coefficient (Wildman–Crippen LogP) is 7.56. The summed E-state index contributed by atoms with van der Waals surface area (Å²) in [5.74, 6) is 2.70. The summed E-state index contributed by atoms with van der Waals surface area (Å²) in [5, 5.41) is 6.52. The molecule has 3 saturated heterocycles. The molecule has 3 aromatic carbocycles. The van der Waals surface area contributed by atoms with Crippen LogP contribution in [-0.4, -0.2) is 133 Å². The van der Waals surface area contributed by atoms with Gasteiger partial charge in [0.2, 0.25) is 0 Å². The molecule has 3 aromatic rings. The van der Waals surface area contributed by atoms with E-state index in [1.165, 1.54) is 5.69 Å². The molecule has 0 saturated carbocycles. The van der Waals surface area contributed by atoms with E-state index in [0.29, 0.717) is 13.1 Å². The Labute approximate surface area is 361 Å². The maximum Gasteiger partial charge on any atom is 0.410 e. The van der Waals surface area contributed by atoms with Gasteiger partial charge >= 0.3 is 12.2 Å². The van der Waals surface area contributed by atoms with Gasteiger partial charge in [-0.25, -0.2) is 9.59 Å². The van der Waals surface area contributed by atoms with Gasteiger partial charge in [0.15, 0.2) is 0 Å². The van der Waals surface area contributed by atoms with Crippen LogP contribution < -0.4 is 34.6 Å². The molecule has 0 aliphatic carbocycles. The Bertz CT molecular complexity index is 1640. The fraction of sp³-hybridized carbons (Fsp3) is 0.535. The largest absolute Gasteiger partial charge is 0.496 e. The average Bonchev–Trinajstić information content (AvgIpc) is 3.21. The van der Waals surface area contributed by atoms with E-state index >= 15 is 0 Å². The normalized spacial score (nSPS) is 15.3. The van der Waals surface area contributed by atoms with Crippen LogP contribution in [0.3, 0.4) is 0 Å². The number of anilines is 2. The number of carbonyl (C=O) groups excluding carboxylic acids is 2. The Kier molecular flexibility index (Phi) is 21.9. The van der Waals surface area contributed by atoms with Crippen molar-refractivity contribution < 1.29 is 33.3 Å². The molecule has 0 spiro atoms. The first-order valence-corrected chi connectivity index (χ1v) is 20.4. The lowest BCUT2D eigenvalue weighted by Crippen LogP contribution is -2.50. The number of ether oxygens (including phenoxy) is 5. The molecule has 0 aromatic heterocycles. The maximum absolute atomic E-state index is 12.0. The second kappa shape index (κ2) is 25.4. The predicted molar refractivity (Wildman–Crippen MR) is 240 cm³/mol. The van der Waals surface area contributed by atoms with Crippen molar-refractivity contribution in [1.82, 2.24) is 20.4 Å². The van der Waals surface area contributed by atoms with Crippen molar-refractivity contribution in [1.29, 1.82) is 0 Å². The number of para-hydroxylation sites is 5. The summed E-state index contributed by atoms with van der Waals surface area (Å²) in [6.07, 6.45) is -0.434. The van der Waals surface area contributed by atoms with E-state index in [4.69, 9.17) is 23.7 Å². The quantitative estimate of drug-likeness (QED) is 0.265. The molecular formula is C43H66BrClN6O7. The molecule has 0 bridgehead atoms. The highest BCUT2D eigenvalue weighted by atomic mass is 79.9. The van der Waals surface area contributed by atoms with Gasteiger partial charge in [0, 0.05) is 78.5 Å². The van der Waals surface area contributed by atoms with E-state index in [0.717, 1.165) is 92.9 Å². The molecule has 3 fully saturated rings. The number of piperazine rings is 3. The third-order valence-electron chi connectivity index (χ3n) is 8.73. The lowest BCUT2D eigenvalue weighted by atomic mass is 10.2. The third-order valence-corrected chi connectivity index (χ3v) is 9.38. The zero-order valence-corrected chi connectivity index (χ0v) is 38.2. The number of methoxy groups -OCH3 is 3. The Morgan fingerprint density at radius 2 is 0.862 bits per heavy atom. The third kappa shape index (κ3) is 17.8. The number of rotatable bonds is 5. The second-order valence-electron chi connectivity index (χ2n) is 15.4. The summed E-state index contributed by atoms with van der Waals surface area (Å²) in [6.45, 7) is 21.6. The van der Waals surface area contributed by atoms with Gasteiger partial charge in [-0.15, -0.1) is 12.4 Å². The molecule has 13 nitrogen and oxygen atoms in total. The summed E-state index contributed by atoms with van der Waals surface area (Å²) in [4.78, 5) is 31.6. The Balaban J connectivity index is 0.000000277. The zero-order valence-electron chi connectivity index (χ0n) is 35.8. The zero-order chi connectivity index (χ0) is 41.8. The highest BCUT2D eigenvalue weighted by Crippen LogP contribution is 2.29. The number of hydrogen-bond acceptors (Lipinski definition) is 11. The van der Waals surface area contributed by atoms with Gasteiger partial charge in [0.25, 0.3) is 0 Å². The topological polar surface area (TPSA) is 117 Å². The van der Waals surface area contributed by atoms with Crippen LogP contribution >= 0.6 is 28.3 Å². The van der Waals surface area contributed by atoms with E-state index in [1.54, 1.807) is 31.1 Å². The van der Waals surface area contributed by atoms with Crippen molar-refractivity contribution in [2.45, 2.75) is 52.7 Å². The molecule has 2 N–H and O–H groups in total. The molecule has 0 radical (unpaired) electrons. The number of amides is 2. The van der Waals surface area contributed by atoms with Gasteiger partial charge in [-0.1, -0.05) is 36.4 Å². The molecule has 0 atom stereocenters. The van der Waals surface area contributed by atoms with Gasteiger partial charge in [0.05, 0.1) is 37.2 Å². The number of carbonyl (C=O) groups is 2. The lowest BCUT2D eigenvalue weighted by Gasteiger charge is -2.37. The molecule has 3 aliphatic rings. The molecule has 0 unspecified atom stereocenters. The minimum absolute atomic E-state index is 0. The summed E-state index contributed by atoms with van der Waals surface area (Å²) in [5.41, 5.74) is 1.44. The molecule has 324 valence electrons. The first kappa shape index (κ1) is 50.0. The first-order chi connectivity index (χ1) is 27.2. The van der Waals surface area contributed by atoms with E-state index in [2.05, 4.69) is 48.5 Å².